The lowest BCUT2D eigenvalue weighted by Crippen LogP contribution is -2.30. The molecule has 0 rings (SSSR count). The van der Waals surface area contributed by atoms with E-state index in [0.29, 0.717) is 31.6 Å². The quantitative estimate of drug-likeness (QED) is 0.0222. The summed E-state index contributed by atoms with van der Waals surface area (Å²) in [5, 5.41) is 10.6. The lowest BCUT2D eigenvalue weighted by molar-refractivity contribution is -0.161. The summed E-state index contributed by atoms with van der Waals surface area (Å²) in [4.78, 5) is 72.5. The van der Waals surface area contributed by atoms with E-state index in [9.17, 15) is 43.2 Å². The minimum absolute atomic E-state index is 0.103. The predicted octanol–water partition coefficient (Wildman–Crippen LogP) is 19.7. The van der Waals surface area contributed by atoms with Gasteiger partial charge in [-0.25, -0.2) is 9.13 Å². The van der Waals surface area contributed by atoms with E-state index in [2.05, 4.69) is 55.4 Å². The smallest absolute Gasteiger partial charge is 0.462 e. The van der Waals surface area contributed by atoms with E-state index in [4.69, 9.17) is 37.0 Å². The van der Waals surface area contributed by atoms with Crippen molar-refractivity contribution in [1.82, 2.24) is 0 Å². The number of carbonyl (C=O) groups excluding carboxylic acids is 4. The van der Waals surface area contributed by atoms with E-state index in [-0.39, 0.29) is 25.7 Å². The van der Waals surface area contributed by atoms with Crippen LogP contribution in [0.4, 0.5) is 0 Å². The van der Waals surface area contributed by atoms with Crippen molar-refractivity contribution in [1.29, 1.82) is 0 Å². The minimum Gasteiger partial charge on any atom is -0.462 e. The van der Waals surface area contributed by atoms with E-state index < -0.39 is 97.5 Å². The summed E-state index contributed by atoms with van der Waals surface area (Å²) in [6, 6.07) is 0. The number of unbranched alkanes of at least 4 members (excludes halogenated alkanes) is 32. The molecule has 6 atom stereocenters. The van der Waals surface area contributed by atoms with Crippen LogP contribution < -0.4 is 0 Å². The Morgan fingerprint density at radius 1 is 0.315 bits per heavy atom. The van der Waals surface area contributed by atoms with Crippen molar-refractivity contribution in [2.75, 3.05) is 39.6 Å². The van der Waals surface area contributed by atoms with Gasteiger partial charge in [-0.3, -0.25) is 37.3 Å². The normalized spacial score (nSPS) is 14.6. The number of phosphoric acid groups is 2. The molecule has 0 aromatic carbocycles. The molecule has 0 bridgehead atoms. The molecule has 3 unspecified atom stereocenters. The summed E-state index contributed by atoms with van der Waals surface area (Å²) in [6.45, 7) is 14.1. The largest absolute Gasteiger partial charge is 0.472 e. The summed E-state index contributed by atoms with van der Waals surface area (Å²) in [6.07, 6.45) is 41.7. The molecular formula is C70H136O17P2. The number of ether oxygens (including phenoxy) is 4. The third-order valence-electron chi connectivity index (χ3n) is 16.4. The maximum atomic E-state index is 13.0. The van der Waals surface area contributed by atoms with Gasteiger partial charge in [-0.2, -0.15) is 0 Å². The van der Waals surface area contributed by atoms with Crippen LogP contribution in [0.1, 0.15) is 344 Å². The van der Waals surface area contributed by atoms with Crippen molar-refractivity contribution in [2.45, 2.75) is 363 Å². The molecule has 0 saturated carbocycles. The van der Waals surface area contributed by atoms with Gasteiger partial charge in [0.25, 0.3) is 0 Å². The number of hydrogen-bond acceptors (Lipinski definition) is 15. The Balaban J connectivity index is 5.26. The number of hydrogen-bond donors (Lipinski definition) is 3. The lowest BCUT2D eigenvalue weighted by Gasteiger charge is -2.21. The molecular weight excluding hydrogens is 1170 g/mol. The van der Waals surface area contributed by atoms with Crippen LogP contribution >= 0.6 is 15.6 Å². The van der Waals surface area contributed by atoms with Crippen LogP contribution in [0.3, 0.4) is 0 Å². The molecule has 0 aromatic rings. The maximum absolute atomic E-state index is 13.0. The molecule has 0 radical (unpaired) electrons. The van der Waals surface area contributed by atoms with Crippen LogP contribution in [0.2, 0.25) is 0 Å². The van der Waals surface area contributed by atoms with E-state index >= 15 is 0 Å². The SMILES string of the molecule is CCC(C)CCCCCCCCCCC(=O)O[C@H](COC(=O)CCCCCCCCC(C)C)COP(=O)(O)OC[C@H](O)COP(=O)(O)OC[C@@H](COC(=O)CCCCCCCCCCCCC(C)C)OC(=O)CCCCCCCCCCCCCCC(C)C. The van der Waals surface area contributed by atoms with E-state index in [0.717, 1.165) is 114 Å². The summed E-state index contributed by atoms with van der Waals surface area (Å²) in [5.41, 5.74) is 0. The molecule has 0 aliphatic rings. The second kappa shape index (κ2) is 59.8. The summed E-state index contributed by atoms with van der Waals surface area (Å²) in [5.74, 6) is 0.852. The Hall–Kier alpha value is -1.94. The Morgan fingerprint density at radius 2 is 0.539 bits per heavy atom. The van der Waals surface area contributed by atoms with Gasteiger partial charge in [0, 0.05) is 25.7 Å². The van der Waals surface area contributed by atoms with Crippen molar-refractivity contribution in [2.24, 2.45) is 23.7 Å². The molecule has 0 fully saturated rings. The van der Waals surface area contributed by atoms with Crippen molar-refractivity contribution in [3.8, 4) is 0 Å². The predicted molar refractivity (Wildman–Crippen MR) is 358 cm³/mol. The van der Waals surface area contributed by atoms with Gasteiger partial charge in [0.1, 0.15) is 19.3 Å². The van der Waals surface area contributed by atoms with Crippen molar-refractivity contribution in [3.05, 3.63) is 0 Å². The van der Waals surface area contributed by atoms with Crippen LogP contribution in [0.15, 0.2) is 0 Å². The number of aliphatic hydroxyl groups excluding tert-OH is 1. The van der Waals surface area contributed by atoms with Gasteiger partial charge in [0.15, 0.2) is 12.2 Å². The first-order valence-electron chi connectivity index (χ1n) is 36.2. The van der Waals surface area contributed by atoms with Gasteiger partial charge < -0.3 is 33.8 Å². The second-order valence-electron chi connectivity index (χ2n) is 26.9. The molecule has 0 spiro atoms. The maximum Gasteiger partial charge on any atom is 0.472 e. The number of carbonyl (C=O) groups is 4. The molecule has 0 amide bonds. The number of phosphoric ester groups is 2. The zero-order valence-electron chi connectivity index (χ0n) is 58.1. The van der Waals surface area contributed by atoms with Gasteiger partial charge in [-0.1, -0.05) is 293 Å². The van der Waals surface area contributed by atoms with Crippen molar-refractivity contribution >= 4 is 39.5 Å². The molecule has 0 aromatic heterocycles. The van der Waals surface area contributed by atoms with Gasteiger partial charge >= 0.3 is 39.5 Å². The summed E-state index contributed by atoms with van der Waals surface area (Å²) >= 11 is 0. The third kappa shape index (κ3) is 63.2. The van der Waals surface area contributed by atoms with E-state index in [1.54, 1.807) is 0 Å². The van der Waals surface area contributed by atoms with Gasteiger partial charge in [-0.05, 0) is 49.4 Å². The Bertz CT molecular complexity index is 1770. The number of rotatable bonds is 67. The average Bonchev–Trinajstić information content (AvgIpc) is 3.68. The Kier molecular flexibility index (Phi) is 58.5. The molecule has 3 N–H and O–H groups in total. The molecule has 19 heteroatoms. The molecule has 0 heterocycles. The Morgan fingerprint density at radius 3 is 0.798 bits per heavy atom. The standard InChI is InChI=1S/C70H136O17P2/c1-9-63(8)49-41-33-24-20-21-27-37-45-53-70(75)87-66(57-81-68(73)51-43-35-29-28-32-40-48-62(6)7)59-85-89(78,79)83-55-64(71)54-82-88(76,77)84-58-65(56-80-67(72)50-42-34-25-18-15-14-17-23-31-39-47-61(4)5)86-69(74)52-44-36-26-19-13-11-10-12-16-22-30-38-46-60(2)3/h60-66,71H,9-59H2,1-8H3,(H,76,77)(H,78,79)/t63?,64-,65-,66-/m1/s1. The van der Waals surface area contributed by atoms with Gasteiger partial charge in [0.05, 0.1) is 26.4 Å². The molecule has 0 aliphatic heterocycles. The summed E-state index contributed by atoms with van der Waals surface area (Å²) in [7, 11) is -9.90. The molecule has 528 valence electrons. The van der Waals surface area contributed by atoms with Crippen LogP contribution in [0, 0.1) is 23.7 Å². The first kappa shape index (κ1) is 87.1. The lowest BCUT2D eigenvalue weighted by atomic mass is 9.99. The third-order valence-corrected chi connectivity index (χ3v) is 18.3. The van der Waals surface area contributed by atoms with Crippen LogP contribution in [0.5, 0.6) is 0 Å². The van der Waals surface area contributed by atoms with Crippen LogP contribution in [0.25, 0.3) is 0 Å². The van der Waals surface area contributed by atoms with Crippen molar-refractivity contribution < 1.29 is 80.2 Å². The van der Waals surface area contributed by atoms with E-state index in [1.165, 1.54) is 141 Å². The van der Waals surface area contributed by atoms with E-state index in [1.807, 2.05) is 0 Å². The summed E-state index contributed by atoms with van der Waals surface area (Å²) < 4.78 is 68.3. The first-order valence-corrected chi connectivity index (χ1v) is 39.2. The highest BCUT2D eigenvalue weighted by Crippen LogP contribution is 2.45. The topological polar surface area (TPSA) is 237 Å². The molecule has 17 nitrogen and oxygen atoms in total. The zero-order valence-corrected chi connectivity index (χ0v) is 59.8. The van der Waals surface area contributed by atoms with Gasteiger partial charge in [-0.15, -0.1) is 0 Å². The highest BCUT2D eigenvalue weighted by atomic mass is 31.2. The fourth-order valence-corrected chi connectivity index (χ4v) is 12.0. The van der Waals surface area contributed by atoms with Crippen LogP contribution in [-0.2, 0) is 65.4 Å². The monoisotopic (exact) mass is 1310 g/mol. The molecule has 0 aliphatic carbocycles. The number of aliphatic hydroxyl groups is 1. The molecule has 0 saturated heterocycles. The zero-order chi connectivity index (χ0) is 66.1. The van der Waals surface area contributed by atoms with Gasteiger partial charge in [0.2, 0.25) is 0 Å². The fraction of sp³-hybridized carbons (Fsp3) is 0.943. The molecule has 89 heavy (non-hydrogen) atoms. The highest BCUT2D eigenvalue weighted by Gasteiger charge is 2.30. The fourth-order valence-electron chi connectivity index (χ4n) is 10.5. The second-order valence-corrected chi connectivity index (χ2v) is 29.8. The van der Waals surface area contributed by atoms with Crippen LogP contribution in [-0.4, -0.2) is 96.7 Å². The average molecular weight is 1310 g/mol. The Labute approximate surface area is 543 Å². The number of esters is 4. The minimum atomic E-state index is -4.95. The highest BCUT2D eigenvalue weighted by molar-refractivity contribution is 7.47. The van der Waals surface area contributed by atoms with Crippen molar-refractivity contribution in [3.63, 3.8) is 0 Å². The first-order chi connectivity index (χ1) is 42.6.